The molecule has 1 aromatic heterocycles. The van der Waals surface area contributed by atoms with Crippen LogP contribution in [0.15, 0.2) is 11.5 Å². The Morgan fingerprint density at radius 3 is 2.53 bits per heavy atom. The van der Waals surface area contributed by atoms with Gasteiger partial charge in [-0.05, 0) is 20.3 Å². The highest BCUT2D eigenvalue weighted by Crippen LogP contribution is 2.07. The summed E-state index contributed by atoms with van der Waals surface area (Å²) in [5.74, 6) is -0.0892. The lowest BCUT2D eigenvalue weighted by Gasteiger charge is -2.25. The van der Waals surface area contributed by atoms with Gasteiger partial charge in [0, 0.05) is 12.6 Å². The summed E-state index contributed by atoms with van der Waals surface area (Å²) in [6.07, 6.45) is 1.97. The Morgan fingerprint density at radius 2 is 2.05 bits per heavy atom. The van der Waals surface area contributed by atoms with E-state index in [1.807, 2.05) is 20.8 Å². The van der Waals surface area contributed by atoms with Gasteiger partial charge in [-0.2, -0.15) is 4.68 Å². The molecule has 0 bridgehead atoms. The van der Waals surface area contributed by atoms with Gasteiger partial charge in [0.05, 0.1) is 5.75 Å². The Morgan fingerprint density at radius 1 is 1.42 bits per heavy atom. The van der Waals surface area contributed by atoms with Crippen LogP contribution in [0.3, 0.4) is 0 Å². The molecular weight excluding hydrogens is 268 g/mol. The number of carbonyl (C=O) groups is 1. The molecule has 0 saturated heterocycles. The van der Waals surface area contributed by atoms with Gasteiger partial charge < -0.3 is 4.90 Å². The molecule has 0 saturated carbocycles. The zero-order chi connectivity index (χ0) is 14.6. The Kier molecular flexibility index (Phi) is 5.04. The second-order valence-corrected chi connectivity index (χ2v) is 6.62. The van der Waals surface area contributed by atoms with Crippen molar-refractivity contribution in [3.8, 4) is 0 Å². The van der Waals surface area contributed by atoms with Gasteiger partial charge in [-0.15, -0.1) is 5.10 Å². The highest BCUT2D eigenvalue weighted by Gasteiger charge is 2.23. The predicted molar refractivity (Wildman–Crippen MR) is 70.7 cm³/mol. The molecule has 0 radical (unpaired) electrons. The summed E-state index contributed by atoms with van der Waals surface area (Å²) in [6.45, 7) is 7.86. The number of hydrogen-bond acceptors (Lipinski definition) is 5. The molecule has 0 aliphatic rings. The van der Waals surface area contributed by atoms with Crippen molar-refractivity contribution in [2.75, 3.05) is 12.3 Å². The van der Waals surface area contributed by atoms with Crippen molar-refractivity contribution in [1.29, 1.82) is 0 Å². The van der Waals surface area contributed by atoms with Crippen molar-refractivity contribution >= 4 is 15.9 Å². The van der Waals surface area contributed by atoms with Gasteiger partial charge in [-0.25, -0.2) is 18.2 Å². The Hall–Kier alpha value is -1.44. The topological polar surface area (TPSA) is 85.2 Å². The zero-order valence-corrected chi connectivity index (χ0v) is 12.5. The smallest absolute Gasteiger partial charge is 0.320 e. The first kappa shape index (κ1) is 15.6. The lowest BCUT2D eigenvalue weighted by atomic mass is 10.3. The van der Waals surface area contributed by atoms with E-state index in [2.05, 4.69) is 10.1 Å². The minimum Gasteiger partial charge on any atom is -0.320 e. The third-order valence-electron chi connectivity index (χ3n) is 2.66. The third kappa shape index (κ3) is 3.52. The van der Waals surface area contributed by atoms with E-state index >= 15 is 0 Å². The molecule has 0 N–H and O–H groups in total. The third-order valence-corrected chi connectivity index (χ3v) is 4.16. The van der Waals surface area contributed by atoms with Gasteiger partial charge in [0.1, 0.15) is 6.33 Å². The lowest BCUT2D eigenvalue weighted by molar-refractivity contribution is 0.181. The molecule has 1 rings (SSSR count). The maximum Gasteiger partial charge on any atom is 0.346 e. The molecule has 8 heteroatoms. The van der Waals surface area contributed by atoms with E-state index in [0.29, 0.717) is 6.54 Å². The van der Waals surface area contributed by atoms with Gasteiger partial charge in [0.25, 0.3) is 5.16 Å². The van der Waals surface area contributed by atoms with E-state index in [1.54, 1.807) is 4.90 Å². The van der Waals surface area contributed by atoms with Gasteiger partial charge in [0.15, 0.2) is 0 Å². The van der Waals surface area contributed by atoms with Crippen LogP contribution in [0, 0.1) is 0 Å². The number of hydrogen-bond donors (Lipinski definition) is 0. The van der Waals surface area contributed by atoms with Gasteiger partial charge in [0.2, 0.25) is 9.84 Å². The summed E-state index contributed by atoms with van der Waals surface area (Å²) in [5, 5.41) is 3.46. The van der Waals surface area contributed by atoms with Crippen molar-refractivity contribution in [3.63, 3.8) is 0 Å². The normalized spacial score (nSPS) is 11.8. The maximum atomic E-state index is 12.2. The molecule has 0 aromatic carbocycles. The predicted octanol–water partition coefficient (Wildman–Crippen LogP) is 1.16. The number of carbonyl (C=O) groups excluding carboxylic acids is 1. The summed E-state index contributed by atoms with van der Waals surface area (Å²) in [6, 6.07) is -0.343. The fourth-order valence-electron chi connectivity index (χ4n) is 1.56. The van der Waals surface area contributed by atoms with Gasteiger partial charge in [-0.3, -0.25) is 0 Å². The van der Waals surface area contributed by atoms with E-state index < -0.39 is 9.84 Å². The summed E-state index contributed by atoms with van der Waals surface area (Å²) in [5.41, 5.74) is 0. The first-order chi connectivity index (χ1) is 8.83. The Labute approximate surface area is 113 Å². The molecule has 1 amide bonds. The van der Waals surface area contributed by atoms with Crippen LogP contribution in [0.1, 0.15) is 34.1 Å². The van der Waals surface area contributed by atoms with Crippen molar-refractivity contribution < 1.29 is 13.2 Å². The van der Waals surface area contributed by atoms with E-state index in [1.165, 1.54) is 6.92 Å². The van der Waals surface area contributed by atoms with Crippen LogP contribution in [0.25, 0.3) is 0 Å². The van der Waals surface area contributed by atoms with Crippen molar-refractivity contribution in [2.24, 2.45) is 0 Å². The van der Waals surface area contributed by atoms with E-state index in [0.717, 1.165) is 17.4 Å². The fraction of sp³-hybridized carbons (Fsp3) is 0.727. The molecule has 0 aliphatic carbocycles. The van der Waals surface area contributed by atoms with Crippen LogP contribution in [-0.4, -0.2) is 52.5 Å². The average molecular weight is 288 g/mol. The molecule has 0 fully saturated rings. The van der Waals surface area contributed by atoms with Gasteiger partial charge >= 0.3 is 6.03 Å². The van der Waals surface area contributed by atoms with Crippen molar-refractivity contribution in [1.82, 2.24) is 19.7 Å². The maximum absolute atomic E-state index is 12.2. The van der Waals surface area contributed by atoms with Crippen LogP contribution >= 0.6 is 0 Å². The molecule has 7 nitrogen and oxygen atoms in total. The summed E-state index contributed by atoms with van der Waals surface area (Å²) in [4.78, 5) is 17.5. The molecule has 1 aromatic rings. The Balaban J connectivity index is 3.01. The minimum absolute atomic E-state index is 0.0166. The standard InChI is InChI=1S/C11H20N4O3S/c1-5-7-14(9(3)4)11(16)15-8-12-10(13-15)19(17,18)6-2/h8-9H,5-7H2,1-4H3. The van der Waals surface area contributed by atoms with Gasteiger partial charge in [-0.1, -0.05) is 13.8 Å². The second-order valence-electron chi connectivity index (χ2n) is 4.44. The fourth-order valence-corrected chi connectivity index (χ4v) is 2.24. The number of rotatable bonds is 5. The minimum atomic E-state index is -3.48. The molecule has 108 valence electrons. The summed E-state index contributed by atoms with van der Waals surface area (Å²) >= 11 is 0. The molecule has 0 spiro atoms. The second kappa shape index (κ2) is 6.14. The van der Waals surface area contributed by atoms with E-state index in [9.17, 15) is 13.2 Å². The first-order valence-electron chi connectivity index (χ1n) is 6.28. The molecular formula is C11H20N4O3S. The number of sulfone groups is 1. The summed E-state index contributed by atoms with van der Waals surface area (Å²) in [7, 11) is -3.48. The van der Waals surface area contributed by atoms with Crippen molar-refractivity contribution in [2.45, 2.75) is 45.3 Å². The highest BCUT2D eigenvalue weighted by molar-refractivity contribution is 7.91. The van der Waals surface area contributed by atoms with E-state index in [-0.39, 0.29) is 23.0 Å². The van der Waals surface area contributed by atoms with E-state index in [4.69, 9.17) is 0 Å². The Bertz CT molecular complexity index is 536. The lowest BCUT2D eigenvalue weighted by Crippen LogP contribution is -2.40. The molecule has 19 heavy (non-hydrogen) atoms. The molecule has 0 unspecified atom stereocenters. The highest BCUT2D eigenvalue weighted by atomic mass is 32.2. The molecule has 1 heterocycles. The quantitative estimate of drug-likeness (QED) is 0.811. The van der Waals surface area contributed by atoms with Crippen LogP contribution in [0.5, 0.6) is 0 Å². The summed E-state index contributed by atoms with van der Waals surface area (Å²) < 4.78 is 24.2. The SMILES string of the molecule is CCCN(C(=O)n1cnc(S(=O)(=O)CC)n1)C(C)C. The van der Waals surface area contributed by atoms with Crippen LogP contribution in [0.2, 0.25) is 0 Å². The largest absolute Gasteiger partial charge is 0.346 e. The van der Waals surface area contributed by atoms with Crippen molar-refractivity contribution in [3.05, 3.63) is 6.33 Å². The molecule has 0 aliphatic heterocycles. The van der Waals surface area contributed by atoms with Crippen LogP contribution in [-0.2, 0) is 9.84 Å². The average Bonchev–Trinajstić information content (AvgIpc) is 2.85. The number of nitrogens with zero attached hydrogens (tertiary/aromatic N) is 4. The molecule has 0 atom stereocenters. The zero-order valence-electron chi connectivity index (χ0n) is 11.7. The van der Waals surface area contributed by atoms with Crippen LogP contribution < -0.4 is 0 Å². The number of amides is 1. The number of aromatic nitrogens is 3. The van der Waals surface area contributed by atoms with Crippen LogP contribution in [0.4, 0.5) is 4.79 Å². The first-order valence-corrected chi connectivity index (χ1v) is 7.94. The monoisotopic (exact) mass is 288 g/mol.